The number of amides is 3. The molecule has 76 heavy (non-hydrogen) atoms. The summed E-state index contributed by atoms with van der Waals surface area (Å²) in [4.78, 5) is 37.2. The lowest BCUT2D eigenvalue weighted by Gasteiger charge is -2.50. The van der Waals surface area contributed by atoms with Gasteiger partial charge in [0.1, 0.15) is 146 Å². The van der Waals surface area contributed by atoms with E-state index < -0.39 is 241 Å². The fraction of sp³-hybridized carbons (Fsp3) is 0.929. The molecule has 0 radical (unpaired) electrons. The minimum Gasteiger partial charge on any atom is -0.394 e. The van der Waals surface area contributed by atoms with Crippen molar-refractivity contribution in [3.63, 3.8) is 0 Å². The predicted molar refractivity (Wildman–Crippen MR) is 234 cm³/mol. The fourth-order valence-corrected chi connectivity index (χ4v) is 9.62. The number of carbonyl (C=O) groups excluding carboxylic acids is 3. The van der Waals surface area contributed by atoms with Gasteiger partial charge in [0, 0.05) is 20.8 Å². The van der Waals surface area contributed by atoms with Crippen molar-refractivity contribution in [3.05, 3.63) is 0 Å². The quantitative estimate of drug-likeness (QED) is 0.0571. The summed E-state index contributed by atoms with van der Waals surface area (Å²) in [6.45, 7) is -2.45. The third-order valence-corrected chi connectivity index (χ3v) is 13.6. The lowest BCUT2D eigenvalue weighted by Crippen LogP contribution is -2.70. The molecule has 0 unspecified atom stereocenters. The highest BCUT2D eigenvalue weighted by Crippen LogP contribution is 2.36. The maximum Gasteiger partial charge on any atom is 0.217 e. The van der Waals surface area contributed by atoms with E-state index in [1.807, 2.05) is 0 Å². The second-order valence-corrected chi connectivity index (χ2v) is 19.0. The molecule has 6 rings (SSSR count). The van der Waals surface area contributed by atoms with Crippen LogP contribution >= 0.6 is 0 Å². The molecule has 0 bridgehead atoms. The minimum absolute atomic E-state index is 0.757. The lowest BCUT2D eigenvalue weighted by atomic mass is 9.94. The van der Waals surface area contributed by atoms with Gasteiger partial charge in [-0.3, -0.25) is 14.4 Å². The van der Waals surface area contributed by atoms with E-state index in [4.69, 9.17) is 52.1 Å². The van der Waals surface area contributed by atoms with E-state index in [-0.39, 0.29) is 0 Å². The van der Waals surface area contributed by atoms with Crippen LogP contribution in [0.5, 0.6) is 0 Å². The van der Waals surface area contributed by atoms with Gasteiger partial charge in [0.2, 0.25) is 17.7 Å². The SMILES string of the molecule is CC(=O)N[C@@H]1[C@@H](O[C@@H]2O[C@H](CO)[C@H](O)[C@H](O)[C@H]2O)[C@@H](O)[C@@H](CO[C@@H]2O[C@H](CO)[C@@H](O[C@@H]3O[C@H](CO)[C@H](O)[C@H](O[C@@H]4O[C@H](CO)[C@@H](O[C@@H]5O[C@H](CO)[C@H](O)[C@H](O)[C@H]5O)[C@H](O)[C@H]4NC(C)=O)[C@H]3O)[C@H](O)[C@H]2NC(C)=O)O[C@@H]1O. The van der Waals surface area contributed by atoms with Gasteiger partial charge in [0.25, 0.3) is 0 Å². The highest BCUT2D eigenvalue weighted by atomic mass is 16.8. The summed E-state index contributed by atoms with van der Waals surface area (Å²) in [5, 5.41) is 189. The number of aliphatic hydroxyl groups excluding tert-OH is 17. The number of carbonyl (C=O) groups is 3. The molecule has 3 amide bonds. The van der Waals surface area contributed by atoms with Crippen LogP contribution in [0, 0.1) is 0 Å². The molecule has 0 aliphatic carbocycles. The van der Waals surface area contributed by atoms with Crippen molar-refractivity contribution in [1.29, 1.82) is 0 Å². The van der Waals surface area contributed by atoms with Crippen molar-refractivity contribution in [2.75, 3.05) is 39.6 Å². The molecule has 30 atom stereocenters. The van der Waals surface area contributed by atoms with Crippen molar-refractivity contribution in [2.45, 2.75) is 205 Å². The fourth-order valence-electron chi connectivity index (χ4n) is 9.62. The summed E-state index contributed by atoms with van der Waals surface area (Å²) in [7, 11) is 0. The topological polar surface area (TPSA) is 533 Å². The Hall–Kier alpha value is -2.71. The van der Waals surface area contributed by atoms with Crippen molar-refractivity contribution >= 4 is 17.7 Å². The van der Waals surface area contributed by atoms with Gasteiger partial charge in [-0.1, -0.05) is 0 Å². The molecule has 6 saturated heterocycles. The van der Waals surface area contributed by atoms with E-state index in [0.717, 1.165) is 20.8 Å². The monoisotopic (exact) mass is 1110 g/mol. The zero-order chi connectivity index (χ0) is 56.2. The van der Waals surface area contributed by atoms with Crippen LogP contribution in [-0.4, -0.2) is 328 Å². The Kier molecular flexibility index (Phi) is 22.3. The second kappa shape index (κ2) is 27.2. The second-order valence-electron chi connectivity index (χ2n) is 19.0. The molecule has 34 nitrogen and oxygen atoms in total. The molecule has 0 aromatic heterocycles. The van der Waals surface area contributed by atoms with Crippen LogP contribution in [0.1, 0.15) is 20.8 Å². The molecule has 6 fully saturated rings. The maximum atomic E-state index is 12.6. The Morgan fingerprint density at radius 3 is 1.12 bits per heavy atom. The number of hydrogen-bond donors (Lipinski definition) is 20. The van der Waals surface area contributed by atoms with Crippen molar-refractivity contribution in [1.82, 2.24) is 16.0 Å². The Balaban J connectivity index is 1.18. The summed E-state index contributed by atoms with van der Waals surface area (Å²) in [6, 6.07) is -5.00. The summed E-state index contributed by atoms with van der Waals surface area (Å²) < 4.78 is 62.9. The molecule has 6 aliphatic rings. The first-order valence-corrected chi connectivity index (χ1v) is 24.1. The van der Waals surface area contributed by atoms with Crippen LogP contribution in [0.25, 0.3) is 0 Å². The van der Waals surface area contributed by atoms with Crippen LogP contribution in [0.4, 0.5) is 0 Å². The standard InChI is InChI=1S/C42H71N3O31/c1-10(51)43-19-26(58)33(16(7-49)71-38(19)66-9-18-25(57)35(21(37(65)67-18)45-12(3)53)75-41-31(63)29(61)23(55)14(5-47)69-41)74-42-32(64)36(24(56)15(6-48)70-42)76-39-20(44-11(2)52)27(59)34(17(8-50)72-39)73-40-30(62)28(60)22(54)13(4-46)68-40/h13-42,46-50,54-65H,4-9H2,1-3H3,(H,43,51)(H,44,52)(H,45,53)/t13-,14-,15-,16-,17-,18-,19-,20-,21-,22+,23+,24+,25+,26-,27-,28+,29+,30-,31-,32-,33-,34-,35-,36+,37+,38-,39+,40+,41+,42+/m1/s1. The molecule has 0 spiro atoms. The minimum atomic E-state index is -2.19. The maximum absolute atomic E-state index is 12.6. The number of hydrogen-bond acceptors (Lipinski definition) is 31. The summed E-state index contributed by atoms with van der Waals surface area (Å²) in [5.41, 5.74) is 0. The van der Waals surface area contributed by atoms with E-state index in [2.05, 4.69) is 16.0 Å². The van der Waals surface area contributed by atoms with E-state index in [1.54, 1.807) is 0 Å². The third-order valence-electron chi connectivity index (χ3n) is 13.6. The molecular formula is C42H71N3O31. The largest absolute Gasteiger partial charge is 0.394 e. The third kappa shape index (κ3) is 13.7. The molecule has 0 aromatic rings. The van der Waals surface area contributed by atoms with E-state index in [1.165, 1.54) is 0 Å². The number of ether oxygens (including phenoxy) is 11. The van der Waals surface area contributed by atoms with Crippen LogP contribution in [-0.2, 0) is 66.5 Å². The average Bonchev–Trinajstić information content (AvgIpc) is 3.37. The zero-order valence-corrected chi connectivity index (χ0v) is 40.9. The predicted octanol–water partition coefficient (Wildman–Crippen LogP) is -13.7. The van der Waals surface area contributed by atoms with E-state index in [9.17, 15) is 101 Å². The zero-order valence-electron chi connectivity index (χ0n) is 40.9. The van der Waals surface area contributed by atoms with Gasteiger partial charge < -0.3 is 155 Å². The van der Waals surface area contributed by atoms with Gasteiger partial charge in [0.15, 0.2) is 37.7 Å². The van der Waals surface area contributed by atoms with Gasteiger partial charge in [-0.25, -0.2) is 0 Å². The van der Waals surface area contributed by atoms with Gasteiger partial charge in [-0.15, -0.1) is 0 Å². The van der Waals surface area contributed by atoms with Gasteiger partial charge >= 0.3 is 0 Å². The Bertz CT molecular complexity index is 1870. The number of nitrogens with one attached hydrogen (secondary N) is 3. The molecule has 6 aliphatic heterocycles. The van der Waals surface area contributed by atoms with Crippen molar-refractivity contribution in [2.24, 2.45) is 0 Å². The van der Waals surface area contributed by atoms with Crippen LogP contribution in [0.2, 0.25) is 0 Å². The molecule has 34 heteroatoms. The Morgan fingerprint density at radius 1 is 0.342 bits per heavy atom. The normalized spacial score (nSPS) is 48.2. The highest BCUT2D eigenvalue weighted by Gasteiger charge is 2.57. The Morgan fingerprint density at radius 2 is 0.684 bits per heavy atom. The molecule has 0 aromatic carbocycles. The van der Waals surface area contributed by atoms with Crippen molar-refractivity contribution in [3.8, 4) is 0 Å². The summed E-state index contributed by atoms with van der Waals surface area (Å²) in [6.07, 6.45) is -50.0. The first kappa shape index (κ1) is 62.5. The first-order chi connectivity index (χ1) is 35.9. The average molecular weight is 1110 g/mol. The molecule has 20 N–H and O–H groups in total. The van der Waals surface area contributed by atoms with E-state index in [0.29, 0.717) is 0 Å². The summed E-state index contributed by atoms with van der Waals surface area (Å²) in [5.74, 6) is -2.39. The van der Waals surface area contributed by atoms with Gasteiger partial charge in [-0.2, -0.15) is 0 Å². The molecule has 0 saturated carbocycles. The van der Waals surface area contributed by atoms with Crippen molar-refractivity contribution < 1.29 is 153 Å². The van der Waals surface area contributed by atoms with Gasteiger partial charge in [0.05, 0.1) is 39.6 Å². The van der Waals surface area contributed by atoms with Gasteiger partial charge in [-0.05, 0) is 0 Å². The molecule has 440 valence electrons. The highest BCUT2D eigenvalue weighted by molar-refractivity contribution is 5.74. The van der Waals surface area contributed by atoms with Crippen LogP contribution < -0.4 is 16.0 Å². The molecule has 6 heterocycles. The first-order valence-electron chi connectivity index (χ1n) is 24.1. The number of aliphatic hydroxyl groups is 17. The lowest BCUT2D eigenvalue weighted by molar-refractivity contribution is -0.378. The smallest absolute Gasteiger partial charge is 0.217 e. The number of rotatable bonds is 19. The Labute approximate surface area is 431 Å². The van der Waals surface area contributed by atoms with Crippen LogP contribution in [0.3, 0.4) is 0 Å². The summed E-state index contributed by atoms with van der Waals surface area (Å²) >= 11 is 0. The van der Waals surface area contributed by atoms with E-state index >= 15 is 0 Å². The van der Waals surface area contributed by atoms with Crippen LogP contribution in [0.15, 0.2) is 0 Å². The molecular weight excluding hydrogens is 1040 g/mol.